The average Bonchev–Trinajstić information content (AvgIpc) is 2.32. The lowest BCUT2D eigenvalue weighted by Gasteiger charge is -2.37. The van der Waals surface area contributed by atoms with Crippen LogP contribution in [0.15, 0.2) is 24.3 Å². The van der Waals surface area contributed by atoms with Crippen molar-refractivity contribution in [2.75, 3.05) is 19.6 Å². The van der Waals surface area contributed by atoms with E-state index in [-0.39, 0.29) is 5.82 Å². The predicted octanol–water partition coefficient (Wildman–Crippen LogP) is 2.05. The Bertz CT molecular complexity index is 350. The summed E-state index contributed by atoms with van der Waals surface area (Å²) < 4.78 is 12.8. The van der Waals surface area contributed by atoms with Crippen LogP contribution in [0.2, 0.25) is 0 Å². The van der Waals surface area contributed by atoms with Gasteiger partial charge in [0.25, 0.3) is 0 Å². The number of halogens is 1. The molecule has 94 valence electrons. The second-order valence-corrected chi connectivity index (χ2v) is 5.03. The van der Waals surface area contributed by atoms with Gasteiger partial charge in [-0.2, -0.15) is 0 Å². The highest BCUT2D eigenvalue weighted by Gasteiger charge is 2.21. The Kier molecular flexibility index (Phi) is 4.13. The van der Waals surface area contributed by atoms with E-state index in [0.29, 0.717) is 12.1 Å². The smallest absolute Gasteiger partial charge is 0.123 e. The van der Waals surface area contributed by atoms with Gasteiger partial charge in [-0.15, -0.1) is 0 Å². The van der Waals surface area contributed by atoms with Gasteiger partial charge in [0.05, 0.1) is 0 Å². The van der Waals surface area contributed by atoms with E-state index in [1.165, 1.54) is 5.56 Å². The highest BCUT2D eigenvalue weighted by molar-refractivity contribution is 5.16. The van der Waals surface area contributed by atoms with Crippen LogP contribution < -0.4 is 5.32 Å². The van der Waals surface area contributed by atoms with Gasteiger partial charge < -0.3 is 5.32 Å². The molecule has 0 saturated carbocycles. The van der Waals surface area contributed by atoms with Crippen molar-refractivity contribution in [3.63, 3.8) is 0 Å². The van der Waals surface area contributed by atoms with Gasteiger partial charge in [0.2, 0.25) is 0 Å². The van der Waals surface area contributed by atoms with E-state index < -0.39 is 0 Å². The number of hydrogen-bond donors (Lipinski definition) is 1. The van der Waals surface area contributed by atoms with Crippen molar-refractivity contribution in [1.82, 2.24) is 10.2 Å². The number of nitrogens with zero attached hydrogens (tertiary/aromatic N) is 1. The molecular weight excluding hydrogens is 215 g/mol. The summed E-state index contributed by atoms with van der Waals surface area (Å²) in [6, 6.07) is 8.00. The highest BCUT2D eigenvalue weighted by atomic mass is 19.1. The molecule has 2 unspecified atom stereocenters. The summed E-state index contributed by atoms with van der Waals surface area (Å²) in [5, 5.41) is 3.48. The van der Waals surface area contributed by atoms with E-state index >= 15 is 0 Å². The molecule has 1 aliphatic rings. The predicted molar refractivity (Wildman–Crippen MR) is 68.6 cm³/mol. The van der Waals surface area contributed by atoms with Crippen LogP contribution in [-0.2, 0) is 6.42 Å². The maximum atomic E-state index is 12.8. The lowest BCUT2D eigenvalue weighted by Crippen LogP contribution is -2.54. The molecule has 0 radical (unpaired) electrons. The number of rotatable bonds is 3. The van der Waals surface area contributed by atoms with Crippen molar-refractivity contribution in [1.29, 1.82) is 0 Å². The van der Waals surface area contributed by atoms with Crippen LogP contribution >= 0.6 is 0 Å². The molecule has 2 atom stereocenters. The summed E-state index contributed by atoms with van der Waals surface area (Å²) in [7, 11) is 0. The van der Waals surface area contributed by atoms with Gasteiger partial charge in [-0.3, -0.25) is 4.90 Å². The first-order chi connectivity index (χ1) is 8.15. The third-order valence-corrected chi connectivity index (χ3v) is 3.49. The molecule has 2 nitrogen and oxygen atoms in total. The lowest BCUT2D eigenvalue weighted by atomic mass is 10.1. The normalized spacial score (nSPS) is 26.1. The molecule has 0 aliphatic carbocycles. The lowest BCUT2D eigenvalue weighted by molar-refractivity contribution is 0.148. The van der Waals surface area contributed by atoms with E-state index in [0.717, 1.165) is 26.1 Å². The van der Waals surface area contributed by atoms with Crippen LogP contribution in [-0.4, -0.2) is 36.6 Å². The van der Waals surface area contributed by atoms with Gasteiger partial charge in [0.1, 0.15) is 5.82 Å². The first-order valence-corrected chi connectivity index (χ1v) is 6.37. The Morgan fingerprint density at radius 2 is 2.00 bits per heavy atom. The van der Waals surface area contributed by atoms with E-state index in [4.69, 9.17) is 0 Å². The minimum atomic E-state index is -0.155. The molecule has 2 rings (SSSR count). The van der Waals surface area contributed by atoms with Crippen LogP contribution in [0.25, 0.3) is 0 Å². The monoisotopic (exact) mass is 236 g/mol. The van der Waals surface area contributed by atoms with Crippen LogP contribution in [0.3, 0.4) is 0 Å². The molecule has 0 aromatic heterocycles. The Morgan fingerprint density at radius 1 is 1.29 bits per heavy atom. The molecule has 0 bridgehead atoms. The van der Waals surface area contributed by atoms with E-state index in [2.05, 4.69) is 24.1 Å². The fraction of sp³-hybridized carbons (Fsp3) is 0.571. The minimum Gasteiger partial charge on any atom is -0.311 e. The average molecular weight is 236 g/mol. The van der Waals surface area contributed by atoms with E-state index in [1.807, 2.05) is 12.1 Å². The molecule has 1 N–H and O–H groups in total. The van der Waals surface area contributed by atoms with Crippen LogP contribution in [0.1, 0.15) is 19.4 Å². The zero-order chi connectivity index (χ0) is 12.3. The van der Waals surface area contributed by atoms with Gasteiger partial charge >= 0.3 is 0 Å². The first-order valence-electron chi connectivity index (χ1n) is 6.37. The number of hydrogen-bond acceptors (Lipinski definition) is 2. The summed E-state index contributed by atoms with van der Waals surface area (Å²) in [5.74, 6) is -0.155. The maximum absolute atomic E-state index is 12.8. The molecular formula is C14H21FN2. The largest absolute Gasteiger partial charge is 0.311 e. The number of benzene rings is 1. The summed E-state index contributed by atoms with van der Waals surface area (Å²) in [6.45, 7) is 7.69. The van der Waals surface area contributed by atoms with Gasteiger partial charge in [-0.05, 0) is 38.0 Å². The van der Waals surface area contributed by atoms with Gasteiger partial charge in [0, 0.05) is 31.7 Å². The summed E-state index contributed by atoms with van der Waals surface area (Å²) in [5.41, 5.74) is 1.21. The third kappa shape index (κ3) is 3.51. The quantitative estimate of drug-likeness (QED) is 0.864. The van der Waals surface area contributed by atoms with Crippen LogP contribution in [0.5, 0.6) is 0 Å². The molecule has 1 saturated heterocycles. The molecule has 3 heteroatoms. The molecule has 17 heavy (non-hydrogen) atoms. The first kappa shape index (κ1) is 12.5. The van der Waals surface area contributed by atoms with Gasteiger partial charge in [-0.1, -0.05) is 12.1 Å². The maximum Gasteiger partial charge on any atom is 0.123 e. The zero-order valence-corrected chi connectivity index (χ0v) is 10.6. The summed E-state index contributed by atoms with van der Waals surface area (Å²) in [6.07, 6.45) is 0.997. The Balaban J connectivity index is 1.86. The Hall–Kier alpha value is -0.930. The second-order valence-electron chi connectivity index (χ2n) is 5.03. The van der Waals surface area contributed by atoms with Crippen LogP contribution in [0.4, 0.5) is 4.39 Å². The van der Waals surface area contributed by atoms with Crippen molar-refractivity contribution in [2.45, 2.75) is 32.4 Å². The zero-order valence-electron chi connectivity index (χ0n) is 10.6. The minimum absolute atomic E-state index is 0.155. The molecule has 0 spiro atoms. The third-order valence-electron chi connectivity index (χ3n) is 3.49. The van der Waals surface area contributed by atoms with Gasteiger partial charge in [-0.25, -0.2) is 4.39 Å². The summed E-state index contributed by atoms with van der Waals surface area (Å²) >= 11 is 0. The van der Waals surface area contributed by atoms with E-state index in [9.17, 15) is 4.39 Å². The Morgan fingerprint density at radius 3 is 2.71 bits per heavy atom. The summed E-state index contributed by atoms with van der Waals surface area (Å²) in [4.78, 5) is 2.50. The van der Waals surface area contributed by atoms with Crippen molar-refractivity contribution in [2.24, 2.45) is 0 Å². The van der Waals surface area contributed by atoms with Crippen molar-refractivity contribution in [3.8, 4) is 0 Å². The molecule has 1 heterocycles. The number of piperazine rings is 1. The van der Waals surface area contributed by atoms with Crippen molar-refractivity contribution in [3.05, 3.63) is 35.6 Å². The topological polar surface area (TPSA) is 15.3 Å². The molecule has 1 aliphatic heterocycles. The fourth-order valence-corrected chi connectivity index (χ4v) is 2.33. The SMILES string of the molecule is CC1CN(CCc2ccc(F)cc2)C(C)CN1. The van der Waals surface area contributed by atoms with Crippen molar-refractivity contribution < 1.29 is 4.39 Å². The molecule has 0 amide bonds. The van der Waals surface area contributed by atoms with Gasteiger partial charge in [0.15, 0.2) is 0 Å². The van der Waals surface area contributed by atoms with Crippen molar-refractivity contribution >= 4 is 0 Å². The van der Waals surface area contributed by atoms with E-state index in [1.54, 1.807) is 12.1 Å². The standard InChI is InChI=1S/C14H21FN2/c1-11-10-17(12(2)9-16-11)8-7-13-3-5-14(15)6-4-13/h3-6,11-12,16H,7-10H2,1-2H3. The second kappa shape index (κ2) is 5.61. The van der Waals surface area contributed by atoms with Crippen LogP contribution in [0, 0.1) is 5.82 Å². The molecule has 1 aromatic rings. The fourth-order valence-electron chi connectivity index (χ4n) is 2.33. The number of nitrogens with one attached hydrogen (secondary N) is 1. The Labute approximate surface area is 103 Å². The molecule has 1 fully saturated rings. The highest BCUT2D eigenvalue weighted by Crippen LogP contribution is 2.09. The molecule has 1 aromatic carbocycles.